The fourth-order valence-electron chi connectivity index (χ4n) is 3.07. The van der Waals surface area contributed by atoms with Gasteiger partial charge in [0.1, 0.15) is 6.54 Å². The number of rotatable bonds is 1. The first-order valence-corrected chi connectivity index (χ1v) is 8.55. The Labute approximate surface area is 125 Å². The number of thiazole rings is 1. The fourth-order valence-corrected chi connectivity index (χ4v) is 5.06. The topological polar surface area (TPSA) is 48.0 Å². The van der Waals surface area contributed by atoms with E-state index in [2.05, 4.69) is 22.5 Å². The number of hydrogen-bond acceptors (Lipinski definition) is 5. The van der Waals surface area contributed by atoms with Gasteiger partial charge in [0.15, 0.2) is 5.70 Å². The largest absolute Gasteiger partial charge is 0.627 e. The Morgan fingerprint density at radius 3 is 3.20 bits per heavy atom. The minimum atomic E-state index is -0.214. The molecule has 0 saturated carbocycles. The number of allylic oxidation sites excluding steroid dienone is 3. The molecule has 0 amide bonds. The van der Waals surface area contributed by atoms with Gasteiger partial charge < -0.3 is 15.2 Å². The zero-order chi connectivity index (χ0) is 13.7. The van der Waals surface area contributed by atoms with E-state index < -0.39 is 0 Å². The highest BCUT2D eigenvalue weighted by Crippen LogP contribution is 2.43. The first kappa shape index (κ1) is 12.6. The summed E-state index contributed by atoms with van der Waals surface area (Å²) in [5.74, 6) is 0.887. The molecule has 4 nitrogen and oxygen atoms in total. The standard InChI is InChI=1S/C14H15N3OS2/c1-15-9-6-10-13-11(20-8-16-13)2-3-17(18)4-5-19-12(7-9)14(10)17/h2,7-8,15H,3-6H2,1H3. The first-order valence-electron chi connectivity index (χ1n) is 6.68. The van der Waals surface area contributed by atoms with Crippen LogP contribution in [0.2, 0.25) is 0 Å². The van der Waals surface area contributed by atoms with Crippen molar-refractivity contribution in [3.63, 3.8) is 0 Å². The van der Waals surface area contributed by atoms with Gasteiger partial charge in [-0.3, -0.25) is 0 Å². The lowest BCUT2D eigenvalue weighted by Crippen LogP contribution is -2.46. The van der Waals surface area contributed by atoms with E-state index in [0.717, 1.165) is 38.2 Å². The number of aromatic nitrogens is 1. The van der Waals surface area contributed by atoms with Gasteiger partial charge in [-0.1, -0.05) is 0 Å². The second-order valence-electron chi connectivity index (χ2n) is 5.20. The highest BCUT2D eigenvalue weighted by atomic mass is 32.2. The Bertz CT molecular complexity index is 762. The average molecular weight is 305 g/mol. The van der Waals surface area contributed by atoms with E-state index in [4.69, 9.17) is 0 Å². The Morgan fingerprint density at radius 1 is 1.45 bits per heavy atom. The quantitative estimate of drug-likeness (QED) is 0.618. The number of hydrogen-bond donors (Lipinski definition) is 1. The summed E-state index contributed by atoms with van der Waals surface area (Å²) in [6.07, 6.45) is 5.00. The second-order valence-corrected chi connectivity index (χ2v) is 7.22. The van der Waals surface area contributed by atoms with Gasteiger partial charge in [-0.2, -0.15) is 0 Å². The predicted octanol–water partition coefficient (Wildman–Crippen LogP) is 0.868. The number of fused-ring (bicyclic) bond motifs is 1. The molecule has 6 heteroatoms. The molecular weight excluding hydrogens is 290 g/mol. The molecule has 20 heavy (non-hydrogen) atoms. The molecule has 1 aliphatic carbocycles. The third-order valence-corrected chi connectivity index (χ3v) is 5.92. The van der Waals surface area contributed by atoms with Crippen molar-refractivity contribution in [2.45, 2.75) is 6.42 Å². The molecule has 1 aromatic rings. The minimum absolute atomic E-state index is 0.214. The lowest BCUT2D eigenvalue weighted by molar-refractivity contribution is -0.827. The van der Waals surface area contributed by atoms with Crippen LogP contribution in [0.3, 0.4) is 0 Å². The molecule has 0 spiro atoms. The van der Waals surface area contributed by atoms with Crippen molar-refractivity contribution in [1.82, 2.24) is 10.3 Å². The predicted molar refractivity (Wildman–Crippen MR) is 83.8 cm³/mol. The van der Waals surface area contributed by atoms with Crippen LogP contribution >= 0.6 is 23.1 Å². The number of quaternary nitrogens is 1. The van der Waals surface area contributed by atoms with Crippen LogP contribution in [0.1, 0.15) is 6.42 Å². The number of hydroxylamine groups is 3. The van der Waals surface area contributed by atoms with E-state index in [9.17, 15) is 5.21 Å². The monoisotopic (exact) mass is 305 g/mol. The van der Waals surface area contributed by atoms with Crippen LogP contribution in [-0.4, -0.2) is 35.5 Å². The zero-order valence-electron chi connectivity index (χ0n) is 11.2. The molecule has 2 aliphatic heterocycles. The fraction of sp³-hybridized carbons (Fsp3) is 0.357. The van der Waals surface area contributed by atoms with Crippen LogP contribution in [0.5, 0.6) is 0 Å². The molecular formula is C14H15N3OS2. The lowest BCUT2D eigenvalue weighted by atomic mass is 9.99. The van der Waals surface area contributed by atoms with Crippen molar-refractivity contribution in [1.29, 1.82) is 0 Å². The van der Waals surface area contributed by atoms with E-state index >= 15 is 0 Å². The molecule has 1 unspecified atom stereocenters. The summed E-state index contributed by atoms with van der Waals surface area (Å²) < 4.78 is 0.936. The van der Waals surface area contributed by atoms with Gasteiger partial charge in [-0.15, -0.1) is 23.1 Å². The highest BCUT2D eigenvalue weighted by molar-refractivity contribution is 8.03. The number of nitrogens with one attached hydrogen (secondary N) is 1. The number of nitrogens with zero attached hydrogens (tertiary/aromatic N) is 2. The summed E-state index contributed by atoms with van der Waals surface area (Å²) >= 11 is 3.43. The third-order valence-electron chi connectivity index (χ3n) is 4.08. The summed E-state index contributed by atoms with van der Waals surface area (Å²) in [6.45, 7) is 1.18. The zero-order valence-corrected chi connectivity index (χ0v) is 12.8. The van der Waals surface area contributed by atoms with Crippen molar-refractivity contribution in [3.8, 4) is 0 Å². The van der Waals surface area contributed by atoms with Gasteiger partial charge in [0.05, 0.1) is 26.8 Å². The van der Waals surface area contributed by atoms with Gasteiger partial charge in [-0.25, -0.2) is 4.98 Å². The van der Waals surface area contributed by atoms with Crippen LogP contribution in [0.4, 0.5) is 0 Å². The Balaban J connectivity index is 2.09. The number of thioether (sulfide) groups is 1. The molecule has 3 aliphatic rings. The molecule has 0 aromatic carbocycles. The van der Waals surface area contributed by atoms with Crippen LogP contribution in [-0.2, 0) is 0 Å². The van der Waals surface area contributed by atoms with Gasteiger partial charge in [0, 0.05) is 30.5 Å². The maximum Gasteiger partial charge on any atom is 0.152 e. The van der Waals surface area contributed by atoms with E-state index in [1.807, 2.05) is 12.6 Å². The van der Waals surface area contributed by atoms with E-state index in [-0.39, 0.29) is 4.65 Å². The van der Waals surface area contributed by atoms with Crippen LogP contribution in [0, 0.1) is 5.21 Å². The minimum Gasteiger partial charge on any atom is -0.627 e. The summed E-state index contributed by atoms with van der Waals surface area (Å²) in [5, 5.41) is 17.5. The molecule has 0 bridgehead atoms. The van der Waals surface area contributed by atoms with Gasteiger partial charge >= 0.3 is 0 Å². The molecule has 0 radical (unpaired) electrons. The molecule has 1 N–H and O–H groups in total. The summed E-state index contributed by atoms with van der Waals surface area (Å²) in [4.78, 5) is 5.66. The van der Waals surface area contributed by atoms with Crippen molar-refractivity contribution in [3.05, 3.63) is 43.0 Å². The van der Waals surface area contributed by atoms with Gasteiger partial charge in [0.2, 0.25) is 0 Å². The Hall–Kier alpha value is -1.08. The lowest BCUT2D eigenvalue weighted by Gasteiger charge is -2.47. The van der Waals surface area contributed by atoms with E-state index in [1.54, 1.807) is 23.1 Å². The SMILES string of the molecule is CNC1=CC2=C3C(=c4ncsc4=CC[N+]3([O-])CCS2)C1. The van der Waals surface area contributed by atoms with Crippen LogP contribution in [0.15, 0.2) is 27.9 Å². The molecule has 3 heterocycles. The summed E-state index contributed by atoms with van der Waals surface area (Å²) in [6, 6.07) is 0. The Kier molecular flexibility index (Phi) is 2.82. The molecule has 0 fully saturated rings. The van der Waals surface area contributed by atoms with Gasteiger partial charge in [0.25, 0.3) is 0 Å². The average Bonchev–Trinajstić information content (AvgIpc) is 2.88. The van der Waals surface area contributed by atoms with Crippen molar-refractivity contribution in [2.24, 2.45) is 0 Å². The molecule has 104 valence electrons. The first-order chi connectivity index (χ1) is 9.71. The molecule has 1 atom stereocenters. The van der Waals surface area contributed by atoms with E-state index in [1.165, 1.54) is 5.70 Å². The van der Waals surface area contributed by atoms with Crippen molar-refractivity contribution in [2.75, 3.05) is 25.9 Å². The summed E-state index contributed by atoms with van der Waals surface area (Å²) in [5.41, 5.74) is 5.13. The summed E-state index contributed by atoms with van der Waals surface area (Å²) in [7, 11) is 1.94. The molecule has 1 aromatic heterocycles. The van der Waals surface area contributed by atoms with Crippen molar-refractivity contribution >= 4 is 34.7 Å². The smallest absolute Gasteiger partial charge is 0.152 e. The molecule has 0 saturated heterocycles. The van der Waals surface area contributed by atoms with Gasteiger partial charge in [-0.05, 0) is 12.2 Å². The second kappa shape index (κ2) is 4.46. The molecule has 4 rings (SSSR count). The van der Waals surface area contributed by atoms with Crippen molar-refractivity contribution < 1.29 is 4.65 Å². The maximum atomic E-state index is 13.2. The third kappa shape index (κ3) is 1.72. The van der Waals surface area contributed by atoms with Crippen LogP contribution in [0.25, 0.3) is 11.6 Å². The highest BCUT2D eigenvalue weighted by Gasteiger charge is 2.37. The maximum absolute atomic E-state index is 13.2. The normalized spacial score (nSPS) is 28.1. The Morgan fingerprint density at radius 2 is 2.35 bits per heavy atom. The van der Waals surface area contributed by atoms with E-state index in [0.29, 0.717) is 13.1 Å². The van der Waals surface area contributed by atoms with Crippen LogP contribution < -0.4 is 15.2 Å².